The Morgan fingerprint density at radius 3 is 2.62 bits per heavy atom. The van der Waals surface area contributed by atoms with Gasteiger partial charge in [-0.25, -0.2) is 4.98 Å². The van der Waals surface area contributed by atoms with E-state index >= 15 is 0 Å². The van der Waals surface area contributed by atoms with Gasteiger partial charge in [-0.1, -0.05) is 13.8 Å². The van der Waals surface area contributed by atoms with Crippen molar-refractivity contribution in [2.24, 2.45) is 11.3 Å². The van der Waals surface area contributed by atoms with Crippen LogP contribution in [-0.4, -0.2) is 58.0 Å². The van der Waals surface area contributed by atoms with E-state index in [1.165, 1.54) is 19.3 Å². The molecule has 3 rings (SSSR count). The lowest BCUT2D eigenvalue weighted by Gasteiger charge is -2.39. The number of imidazole rings is 1. The minimum Gasteiger partial charge on any atom is -0.342 e. The van der Waals surface area contributed by atoms with Crippen LogP contribution >= 0.6 is 0 Å². The summed E-state index contributed by atoms with van der Waals surface area (Å²) in [5.74, 6) is 2.05. The second kappa shape index (κ2) is 7.26. The Morgan fingerprint density at radius 2 is 2.00 bits per heavy atom. The van der Waals surface area contributed by atoms with Gasteiger partial charge in [0, 0.05) is 38.4 Å². The highest BCUT2D eigenvalue weighted by atomic mass is 16.2. The number of likely N-dealkylation sites (tertiary alicyclic amines) is 2. The average molecular weight is 332 g/mol. The van der Waals surface area contributed by atoms with Crippen LogP contribution < -0.4 is 0 Å². The van der Waals surface area contributed by atoms with Gasteiger partial charge in [-0.15, -0.1) is 0 Å². The molecule has 5 heteroatoms. The predicted molar refractivity (Wildman–Crippen MR) is 95.7 cm³/mol. The van der Waals surface area contributed by atoms with Crippen LogP contribution in [0.5, 0.6) is 0 Å². The van der Waals surface area contributed by atoms with Gasteiger partial charge < -0.3 is 14.4 Å². The molecule has 0 aromatic carbocycles. The van der Waals surface area contributed by atoms with Gasteiger partial charge in [-0.05, 0) is 57.2 Å². The molecule has 1 amide bonds. The second-order valence-corrected chi connectivity index (χ2v) is 8.21. The van der Waals surface area contributed by atoms with Crippen LogP contribution in [0.15, 0.2) is 12.4 Å². The van der Waals surface area contributed by atoms with E-state index in [9.17, 15) is 4.79 Å². The molecule has 2 aliphatic heterocycles. The molecule has 0 unspecified atom stereocenters. The van der Waals surface area contributed by atoms with Crippen molar-refractivity contribution in [2.75, 3.05) is 32.7 Å². The van der Waals surface area contributed by atoms with Gasteiger partial charge in [0.25, 0.3) is 0 Å². The van der Waals surface area contributed by atoms with Gasteiger partial charge in [-0.2, -0.15) is 0 Å². The molecule has 24 heavy (non-hydrogen) atoms. The van der Waals surface area contributed by atoms with E-state index in [4.69, 9.17) is 0 Å². The third kappa shape index (κ3) is 4.00. The third-order valence-corrected chi connectivity index (χ3v) is 5.70. The number of rotatable bonds is 6. The van der Waals surface area contributed by atoms with Crippen LogP contribution in [0.2, 0.25) is 0 Å². The minimum atomic E-state index is 0.267. The van der Waals surface area contributed by atoms with Crippen LogP contribution in [0.4, 0.5) is 0 Å². The first-order chi connectivity index (χ1) is 11.5. The summed E-state index contributed by atoms with van der Waals surface area (Å²) in [6.07, 6.45) is 8.24. The van der Waals surface area contributed by atoms with Crippen molar-refractivity contribution in [3.8, 4) is 0 Å². The van der Waals surface area contributed by atoms with Gasteiger partial charge in [0.15, 0.2) is 0 Å². The first-order valence-corrected chi connectivity index (χ1v) is 9.45. The van der Waals surface area contributed by atoms with E-state index in [1.807, 2.05) is 6.20 Å². The topological polar surface area (TPSA) is 41.4 Å². The summed E-state index contributed by atoms with van der Waals surface area (Å²) >= 11 is 0. The van der Waals surface area contributed by atoms with E-state index in [2.05, 4.69) is 46.3 Å². The normalized spacial score (nSPS) is 21.3. The van der Waals surface area contributed by atoms with Crippen LogP contribution in [0, 0.1) is 18.3 Å². The molecule has 134 valence electrons. The molecule has 1 aromatic heterocycles. The molecule has 0 N–H and O–H groups in total. The van der Waals surface area contributed by atoms with Crippen LogP contribution in [0.1, 0.15) is 45.4 Å². The highest BCUT2D eigenvalue weighted by Gasteiger charge is 2.44. The molecule has 2 saturated heterocycles. The first kappa shape index (κ1) is 17.5. The highest BCUT2D eigenvalue weighted by Crippen LogP contribution is 2.41. The fraction of sp³-hybridized carbons (Fsp3) is 0.789. The summed E-state index contributed by atoms with van der Waals surface area (Å²) in [6.45, 7) is 12.9. The van der Waals surface area contributed by atoms with E-state index in [1.54, 1.807) is 0 Å². The lowest BCUT2D eigenvalue weighted by atomic mass is 9.77. The van der Waals surface area contributed by atoms with Crippen molar-refractivity contribution in [3.63, 3.8) is 0 Å². The molecular formula is C19H32N4O. The smallest absolute Gasteiger partial charge is 0.223 e. The number of hydrogen-bond acceptors (Lipinski definition) is 3. The van der Waals surface area contributed by atoms with Gasteiger partial charge in [0.05, 0.1) is 0 Å². The quantitative estimate of drug-likeness (QED) is 0.804. The van der Waals surface area contributed by atoms with Crippen molar-refractivity contribution < 1.29 is 4.79 Å². The molecule has 1 aromatic rings. The molecule has 2 aliphatic rings. The zero-order chi connectivity index (χ0) is 17.2. The molecule has 0 bridgehead atoms. The number of carbonyl (C=O) groups is 1. The SMILES string of the molecule is Cc1nccn1CCCN1CCC2(CC1)CC(=O)N(CC(C)C)C2. The van der Waals surface area contributed by atoms with Crippen molar-refractivity contribution in [1.82, 2.24) is 19.4 Å². The van der Waals surface area contributed by atoms with Gasteiger partial charge in [0.2, 0.25) is 5.91 Å². The second-order valence-electron chi connectivity index (χ2n) is 8.21. The van der Waals surface area contributed by atoms with Crippen LogP contribution in [0.3, 0.4) is 0 Å². The Labute approximate surface area is 146 Å². The fourth-order valence-electron chi connectivity index (χ4n) is 4.28. The number of aromatic nitrogens is 2. The van der Waals surface area contributed by atoms with Crippen LogP contribution in [0.25, 0.3) is 0 Å². The Morgan fingerprint density at radius 1 is 1.25 bits per heavy atom. The van der Waals surface area contributed by atoms with E-state index < -0.39 is 0 Å². The predicted octanol–water partition coefficient (Wildman–Crippen LogP) is 2.55. The number of nitrogens with zero attached hydrogens (tertiary/aromatic N) is 4. The Kier molecular flexibility index (Phi) is 5.28. The summed E-state index contributed by atoms with van der Waals surface area (Å²) < 4.78 is 2.23. The number of aryl methyl sites for hydroxylation is 2. The zero-order valence-corrected chi connectivity index (χ0v) is 15.5. The summed E-state index contributed by atoms with van der Waals surface area (Å²) in [5, 5.41) is 0. The highest BCUT2D eigenvalue weighted by molar-refractivity contribution is 5.79. The lowest BCUT2D eigenvalue weighted by Crippen LogP contribution is -2.42. The molecule has 0 radical (unpaired) electrons. The maximum atomic E-state index is 12.3. The van der Waals surface area contributed by atoms with Crippen molar-refractivity contribution >= 4 is 5.91 Å². The Bertz CT molecular complexity index is 557. The van der Waals surface area contributed by atoms with E-state index in [0.29, 0.717) is 11.8 Å². The Balaban J connectivity index is 1.43. The molecule has 1 spiro atoms. The lowest BCUT2D eigenvalue weighted by molar-refractivity contribution is -0.128. The number of piperidine rings is 1. The van der Waals surface area contributed by atoms with Gasteiger partial charge in [0.1, 0.15) is 5.82 Å². The molecule has 0 saturated carbocycles. The van der Waals surface area contributed by atoms with Crippen LogP contribution in [-0.2, 0) is 11.3 Å². The number of amides is 1. The summed E-state index contributed by atoms with van der Waals surface area (Å²) in [7, 11) is 0. The standard InChI is InChI=1S/C19H32N4O/c1-16(2)14-23-15-19(13-18(23)24)5-10-21(11-6-19)8-4-9-22-12-7-20-17(22)3/h7,12,16H,4-6,8-11,13-15H2,1-3H3. The van der Waals surface area contributed by atoms with Crippen molar-refractivity contribution in [1.29, 1.82) is 0 Å². The molecule has 5 nitrogen and oxygen atoms in total. The average Bonchev–Trinajstić information content (AvgIpc) is 3.06. The Hall–Kier alpha value is -1.36. The summed E-state index contributed by atoms with van der Waals surface area (Å²) in [4.78, 5) is 21.3. The third-order valence-electron chi connectivity index (χ3n) is 5.70. The van der Waals surface area contributed by atoms with Gasteiger partial charge in [-0.3, -0.25) is 4.79 Å². The summed E-state index contributed by atoms with van der Waals surface area (Å²) in [5.41, 5.74) is 0.267. The molecular weight excluding hydrogens is 300 g/mol. The molecule has 0 atom stereocenters. The number of carbonyl (C=O) groups excluding carboxylic acids is 1. The molecule has 2 fully saturated rings. The molecule has 3 heterocycles. The number of hydrogen-bond donors (Lipinski definition) is 0. The zero-order valence-electron chi connectivity index (χ0n) is 15.5. The fourth-order valence-corrected chi connectivity index (χ4v) is 4.28. The monoisotopic (exact) mass is 332 g/mol. The van der Waals surface area contributed by atoms with E-state index in [-0.39, 0.29) is 5.41 Å². The largest absolute Gasteiger partial charge is 0.342 e. The van der Waals surface area contributed by atoms with Gasteiger partial charge >= 0.3 is 0 Å². The van der Waals surface area contributed by atoms with E-state index in [0.717, 1.165) is 51.5 Å². The maximum Gasteiger partial charge on any atom is 0.223 e. The molecule has 0 aliphatic carbocycles. The minimum absolute atomic E-state index is 0.267. The van der Waals surface area contributed by atoms with Crippen molar-refractivity contribution in [2.45, 2.75) is 53.0 Å². The maximum absolute atomic E-state index is 12.3. The van der Waals surface area contributed by atoms with Crippen molar-refractivity contribution in [3.05, 3.63) is 18.2 Å². The first-order valence-electron chi connectivity index (χ1n) is 9.45. The summed E-state index contributed by atoms with van der Waals surface area (Å²) in [6, 6.07) is 0.